The van der Waals surface area contributed by atoms with Crippen molar-refractivity contribution in [3.05, 3.63) is 58.2 Å². The number of likely N-dealkylation sites (tertiary alicyclic amines) is 1. The molecule has 4 aliphatic heterocycles. The Hall–Kier alpha value is -4.90. The first-order valence-corrected chi connectivity index (χ1v) is 24.3. The lowest BCUT2D eigenvalue weighted by molar-refractivity contribution is -0.155. The number of nitrogens with zero attached hydrogens (tertiary/aromatic N) is 6. The number of hydrogen-bond donors (Lipinski definition) is 2. The summed E-state index contributed by atoms with van der Waals surface area (Å²) in [6.07, 6.45) is 6.67. The number of hydrazine groups is 1. The van der Waals surface area contributed by atoms with E-state index in [-0.39, 0.29) is 42.5 Å². The molecule has 6 bridgehead atoms. The Kier molecular flexibility index (Phi) is 13.7. The third-order valence-electron chi connectivity index (χ3n) is 14.0. The number of cyclic esters (lactones) is 1. The second-order valence-corrected chi connectivity index (χ2v) is 20.4. The number of pyridine rings is 1. The van der Waals surface area contributed by atoms with Crippen molar-refractivity contribution in [3.63, 3.8) is 0 Å². The van der Waals surface area contributed by atoms with Crippen LogP contribution < -0.4 is 10.7 Å². The Labute approximate surface area is 386 Å². The molecule has 8 rings (SSSR count). The van der Waals surface area contributed by atoms with Crippen molar-refractivity contribution in [3.8, 4) is 22.5 Å². The molecule has 1 aromatic carbocycles. The van der Waals surface area contributed by atoms with Crippen LogP contribution in [0.3, 0.4) is 0 Å². The Bertz CT molecular complexity index is 2410. The third kappa shape index (κ3) is 9.28. The third-order valence-corrected chi connectivity index (χ3v) is 14.9. The van der Waals surface area contributed by atoms with Gasteiger partial charge in [-0.1, -0.05) is 33.8 Å². The fourth-order valence-electron chi connectivity index (χ4n) is 10.6. The van der Waals surface area contributed by atoms with E-state index in [9.17, 15) is 19.2 Å². The number of thiazole rings is 1. The van der Waals surface area contributed by atoms with Gasteiger partial charge >= 0.3 is 12.0 Å². The molecule has 3 fully saturated rings. The van der Waals surface area contributed by atoms with Crippen LogP contribution in [0.4, 0.5) is 4.79 Å². The molecule has 1 unspecified atom stereocenters. The fourth-order valence-corrected chi connectivity index (χ4v) is 11.4. The van der Waals surface area contributed by atoms with Gasteiger partial charge in [0.2, 0.25) is 5.91 Å². The quantitative estimate of drug-likeness (QED) is 0.178. The van der Waals surface area contributed by atoms with E-state index in [1.165, 1.54) is 16.3 Å². The lowest BCUT2D eigenvalue weighted by Gasteiger charge is -2.44. The van der Waals surface area contributed by atoms with Gasteiger partial charge in [0.1, 0.15) is 18.1 Å². The van der Waals surface area contributed by atoms with Crippen LogP contribution in [0.1, 0.15) is 102 Å². The molecule has 4 aromatic rings. The fraction of sp³-hybridized carbons (Fsp3) is 0.592. The van der Waals surface area contributed by atoms with Gasteiger partial charge in [-0.3, -0.25) is 24.4 Å². The smallest absolute Gasteiger partial charge is 0.324 e. The van der Waals surface area contributed by atoms with Crippen LogP contribution in [0.25, 0.3) is 33.4 Å². The molecule has 7 heterocycles. The molecule has 0 aliphatic carbocycles. The van der Waals surface area contributed by atoms with Crippen molar-refractivity contribution in [2.24, 2.45) is 11.3 Å². The summed E-state index contributed by atoms with van der Waals surface area (Å²) in [4.78, 5) is 70.9. The minimum Gasteiger partial charge on any atom is -0.464 e. The van der Waals surface area contributed by atoms with Crippen molar-refractivity contribution in [1.29, 1.82) is 0 Å². The standard InChI is InChI=1S/C49H66N8O7S/c1-9-55-39-16-15-32-25-34(39)35(43(55)33-13-10-20-50-41(33)31(4)62-8)27-48(5,6)29-64-46(60)36-14-11-22-57(53-36)45(59)37(26-40-51-38(32)28-65-40)52-44(58)42(30(2)3)54(7)47(61)56-21-12-17-49(56)18-23-63-24-19-49/h10,13,15-16,20,25,28,30-31,36-37,42,53H,9,11-12,14,17-19,21-24,26-27,29H2,1-8H3,(H,52,58)/t31-,36-,37-,42?/m0/s1. The number of aromatic nitrogens is 3. The van der Waals surface area contributed by atoms with Gasteiger partial charge in [-0.2, -0.15) is 0 Å². The van der Waals surface area contributed by atoms with Gasteiger partial charge in [0.05, 0.1) is 34.8 Å². The zero-order chi connectivity index (χ0) is 46.2. The number of amides is 4. The number of benzene rings is 1. The highest BCUT2D eigenvalue weighted by atomic mass is 32.1. The summed E-state index contributed by atoms with van der Waals surface area (Å²) in [5.74, 6) is -1.50. The summed E-state index contributed by atoms with van der Waals surface area (Å²) in [5.41, 5.74) is 9.15. The van der Waals surface area contributed by atoms with Crippen LogP contribution in [0.5, 0.6) is 0 Å². The van der Waals surface area contributed by atoms with Crippen molar-refractivity contribution in [2.45, 2.75) is 129 Å². The van der Waals surface area contributed by atoms with Crippen molar-refractivity contribution in [1.82, 2.24) is 40.1 Å². The maximum Gasteiger partial charge on any atom is 0.324 e. The molecule has 4 aliphatic rings. The van der Waals surface area contributed by atoms with E-state index in [4.69, 9.17) is 24.2 Å². The van der Waals surface area contributed by atoms with Crippen LogP contribution in [0.15, 0.2) is 41.9 Å². The maximum atomic E-state index is 14.7. The molecule has 16 heteroatoms. The van der Waals surface area contributed by atoms with Crippen molar-refractivity contribution in [2.75, 3.05) is 47.1 Å². The SMILES string of the molecule is CCn1c(-c2cccnc2[C@H](C)OC)c2c3cc(ccc31)-c1csc(n1)C[C@H](NC(=O)C(C(C)C)N(C)C(=O)N1CCCC13CCOCC3)C(=O)N1CCC[C@H](N1)C(=O)OCC(C)(C)C2. The number of likely N-dealkylation sites (N-methyl/N-ethyl adjacent to an activating group) is 1. The van der Waals surface area contributed by atoms with E-state index < -0.39 is 35.4 Å². The van der Waals surface area contributed by atoms with E-state index in [2.05, 4.69) is 60.3 Å². The largest absolute Gasteiger partial charge is 0.464 e. The number of methoxy groups -OCH3 is 1. The van der Waals surface area contributed by atoms with E-state index >= 15 is 0 Å². The number of aryl methyl sites for hydroxylation is 1. The Morgan fingerprint density at radius 2 is 1.88 bits per heavy atom. The number of esters is 1. The molecule has 4 amide bonds. The number of carbonyl (C=O) groups excluding carboxylic acids is 4. The molecule has 1 spiro atoms. The Morgan fingerprint density at radius 3 is 2.62 bits per heavy atom. The topological polar surface area (TPSA) is 160 Å². The monoisotopic (exact) mass is 910 g/mol. The van der Waals surface area contributed by atoms with Gasteiger partial charge in [0.25, 0.3) is 5.91 Å². The number of urea groups is 1. The van der Waals surface area contributed by atoms with Gasteiger partial charge in [-0.15, -0.1) is 11.3 Å². The minimum absolute atomic E-state index is 0.111. The first-order chi connectivity index (χ1) is 31.1. The van der Waals surface area contributed by atoms with E-state index in [0.717, 1.165) is 70.4 Å². The molecule has 0 saturated carbocycles. The second-order valence-electron chi connectivity index (χ2n) is 19.4. The number of hydrogen-bond acceptors (Lipinski definition) is 11. The average molecular weight is 911 g/mol. The first kappa shape index (κ1) is 46.6. The van der Waals surface area contributed by atoms with Crippen LogP contribution in [0, 0.1) is 11.3 Å². The van der Waals surface area contributed by atoms with Gasteiger partial charge in [-0.25, -0.2) is 15.2 Å². The molecular weight excluding hydrogens is 845 g/mol. The highest BCUT2D eigenvalue weighted by molar-refractivity contribution is 7.10. The zero-order valence-electron chi connectivity index (χ0n) is 39.3. The van der Waals surface area contributed by atoms with E-state index in [1.54, 1.807) is 25.3 Å². The highest BCUT2D eigenvalue weighted by Gasteiger charge is 2.47. The van der Waals surface area contributed by atoms with Crippen LogP contribution in [0.2, 0.25) is 0 Å². The maximum absolute atomic E-state index is 14.7. The summed E-state index contributed by atoms with van der Waals surface area (Å²) in [7, 11) is 3.38. The average Bonchev–Trinajstić information content (AvgIpc) is 4.02. The summed E-state index contributed by atoms with van der Waals surface area (Å²) in [5, 5.41) is 8.27. The highest BCUT2D eigenvalue weighted by Crippen LogP contribution is 2.42. The van der Waals surface area contributed by atoms with Crippen molar-refractivity contribution < 1.29 is 33.4 Å². The normalized spacial score (nSPS) is 22.2. The predicted molar refractivity (Wildman–Crippen MR) is 250 cm³/mol. The molecule has 2 N–H and O–H groups in total. The number of fused-ring (bicyclic) bond motifs is 6. The summed E-state index contributed by atoms with van der Waals surface area (Å²) in [6.45, 7) is 15.2. The minimum atomic E-state index is -1.04. The van der Waals surface area contributed by atoms with Crippen molar-refractivity contribution >= 4 is 46.1 Å². The number of carbonyl (C=O) groups is 4. The van der Waals surface area contributed by atoms with Crippen LogP contribution in [-0.2, 0) is 48.0 Å². The van der Waals surface area contributed by atoms with Gasteiger partial charge in [0, 0.05) is 98.0 Å². The summed E-state index contributed by atoms with van der Waals surface area (Å²) < 4.78 is 19.9. The Morgan fingerprint density at radius 1 is 1.09 bits per heavy atom. The first-order valence-electron chi connectivity index (χ1n) is 23.4. The van der Waals surface area contributed by atoms with Gasteiger partial charge in [-0.05, 0) is 94.5 Å². The van der Waals surface area contributed by atoms with Crippen LogP contribution >= 0.6 is 11.3 Å². The lowest BCUT2D eigenvalue weighted by atomic mass is 9.84. The van der Waals surface area contributed by atoms with Crippen LogP contribution in [-0.4, -0.2) is 124 Å². The molecule has 0 radical (unpaired) electrons. The summed E-state index contributed by atoms with van der Waals surface area (Å²) in [6, 6.07) is 7.64. The number of ether oxygens (including phenoxy) is 3. The predicted octanol–water partition coefficient (Wildman–Crippen LogP) is 6.92. The molecule has 4 atom stereocenters. The molecule has 65 heavy (non-hydrogen) atoms. The number of rotatable bonds is 8. The molecule has 15 nitrogen and oxygen atoms in total. The summed E-state index contributed by atoms with van der Waals surface area (Å²) >= 11 is 1.43. The number of nitrogens with one attached hydrogen (secondary N) is 2. The van der Waals surface area contributed by atoms with Gasteiger partial charge in [0.15, 0.2) is 0 Å². The van der Waals surface area contributed by atoms with Gasteiger partial charge < -0.3 is 33.9 Å². The molecule has 3 saturated heterocycles. The lowest BCUT2D eigenvalue weighted by Crippen LogP contribution is -2.63. The molecule has 3 aromatic heterocycles. The zero-order valence-corrected chi connectivity index (χ0v) is 40.1. The second kappa shape index (κ2) is 19.1. The molecule has 350 valence electrons. The molecular formula is C49H66N8O7S. The van der Waals surface area contributed by atoms with E-state index in [0.29, 0.717) is 57.1 Å². The van der Waals surface area contributed by atoms with E-state index in [1.807, 2.05) is 37.1 Å². The Balaban J connectivity index is 1.16.